The van der Waals surface area contributed by atoms with Crippen LogP contribution in [0.3, 0.4) is 0 Å². The number of rotatable bonds is 3. The quantitative estimate of drug-likeness (QED) is 0.425. The lowest BCUT2D eigenvalue weighted by Gasteiger charge is -2.06. The van der Waals surface area contributed by atoms with Gasteiger partial charge in [-0.15, -0.1) is 5.10 Å². The first-order chi connectivity index (χ1) is 10.8. The van der Waals surface area contributed by atoms with Crippen LogP contribution in [0, 0.1) is 6.92 Å². The van der Waals surface area contributed by atoms with Gasteiger partial charge in [0.25, 0.3) is 0 Å². The van der Waals surface area contributed by atoms with Gasteiger partial charge in [0.15, 0.2) is 10.8 Å². The van der Waals surface area contributed by atoms with E-state index in [0.29, 0.717) is 0 Å². The molecule has 0 bridgehead atoms. The molecule has 0 N–H and O–H groups in total. The van der Waals surface area contributed by atoms with Crippen LogP contribution in [0.5, 0.6) is 0 Å². The van der Waals surface area contributed by atoms with Gasteiger partial charge in [0, 0.05) is 11.1 Å². The Morgan fingerprint density at radius 3 is 2.59 bits per heavy atom. The van der Waals surface area contributed by atoms with Gasteiger partial charge in [-0.25, -0.2) is 9.97 Å². The van der Waals surface area contributed by atoms with E-state index in [4.69, 9.17) is 4.98 Å². The number of nitrogens with zero attached hydrogens (tertiary/aromatic N) is 4. The third kappa shape index (κ3) is 2.33. The molecule has 2 heterocycles. The number of aryl methyl sites for hydroxylation is 1. The summed E-state index contributed by atoms with van der Waals surface area (Å²) in [6.45, 7) is 1.91. The van der Waals surface area contributed by atoms with Crippen molar-refractivity contribution in [3.63, 3.8) is 0 Å². The molecule has 0 unspecified atom stereocenters. The first-order valence-corrected chi connectivity index (χ1v) is 8.09. The Kier molecular flexibility index (Phi) is 3.27. The molecule has 0 fully saturated rings. The number of hydrogen-bond donors (Lipinski definition) is 0. The van der Waals surface area contributed by atoms with Crippen LogP contribution in [-0.4, -0.2) is 19.6 Å². The maximum atomic E-state index is 4.76. The summed E-state index contributed by atoms with van der Waals surface area (Å²) in [7, 11) is 0. The Balaban J connectivity index is 1.81. The minimum atomic E-state index is 0.764. The van der Waals surface area contributed by atoms with Crippen LogP contribution in [0.1, 0.15) is 11.4 Å². The second kappa shape index (κ2) is 5.42. The van der Waals surface area contributed by atoms with E-state index in [-0.39, 0.29) is 0 Å². The molecule has 4 aromatic rings. The number of fused-ring (bicyclic) bond motifs is 3. The molecular weight excluding hydrogens is 292 g/mol. The normalized spacial score (nSPS) is 11.3. The second-order valence-corrected chi connectivity index (χ2v) is 6.02. The standard InChI is InChI=1S/C17H14N4S/c1-12-18-16-14-9-5-6-10-15(14)19-17(21(16)20-12)22-11-13-7-3-2-4-8-13/h2-10H,11H2,1H3. The summed E-state index contributed by atoms with van der Waals surface area (Å²) in [5, 5.41) is 6.41. The monoisotopic (exact) mass is 306 g/mol. The zero-order chi connectivity index (χ0) is 14.9. The molecule has 0 atom stereocenters. The van der Waals surface area contributed by atoms with E-state index in [9.17, 15) is 0 Å². The molecule has 0 saturated heterocycles. The molecule has 0 amide bonds. The summed E-state index contributed by atoms with van der Waals surface area (Å²) in [4.78, 5) is 9.31. The summed E-state index contributed by atoms with van der Waals surface area (Å²) < 4.78 is 1.85. The summed E-state index contributed by atoms with van der Waals surface area (Å²) in [5.74, 6) is 1.62. The number of benzene rings is 2. The highest BCUT2D eigenvalue weighted by atomic mass is 32.2. The predicted molar refractivity (Wildman–Crippen MR) is 89.0 cm³/mol. The van der Waals surface area contributed by atoms with E-state index >= 15 is 0 Å². The topological polar surface area (TPSA) is 43.1 Å². The zero-order valence-electron chi connectivity index (χ0n) is 12.1. The molecule has 0 aliphatic carbocycles. The SMILES string of the molecule is Cc1nc2c3ccccc3nc(SCc3ccccc3)n2n1. The molecule has 4 rings (SSSR count). The van der Waals surface area contributed by atoms with Crippen molar-refractivity contribution in [1.82, 2.24) is 19.6 Å². The number of hydrogen-bond acceptors (Lipinski definition) is 4. The lowest BCUT2D eigenvalue weighted by atomic mass is 10.2. The fourth-order valence-electron chi connectivity index (χ4n) is 2.45. The van der Waals surface area contributed by atoms with Crippen molar-refractivity contribution in [2.45, 2.75) is 17.8 Å². The van der Waals surface area contributed by atoms with Gasteiger partial charge in [0.1, 0.15) is 5.82 Å². The highest BCUT2D eigenvalue weighted by Gasteiger charge is 2.12. The van der Waals surface area contributed by atoms with Crippen LogP contribution in [0.25, 0.3) is 16.6 Å². The van der Waals surface area contributed by atoms with Crippen molar-refractivity contribution in [1.29, 1.82) is 0 Å². The molecule has 0 radical (unpaired) electrons. The minimum Gasteiger partial charge on any atom is -0.222 e. The van der Waals surface area contributed by atoms with Gasteiger partial charge in [-0.1, -0.05) is 54.2 Å². The van der Waals surface area contributed by atoms with Gasteiger partial charge in [-0.2, -0.15) is 4.52 Å². The Morgan fingerprint density at radius 1 is 0.955 bits per heavy atom. The van der Waals surface area contributed by atoms with E-state index in [2.05, 4.69) is 34.3 Å². The van der Waals surface area contributed by atoms with Gasteiger partial charge in [-0.3, -0.25) is 0 Å². The van der Waals surface area contributed by atoms with E-state index in [1.807, 2.05) is 41.8 Å². The maximum absolute atomic E-state index is 4.76. The van der Waals surface area contributed by atoms with Gasteiger partial charge in [-0.05, 0) is 24.6 Å². The summed E-state index contributed by atoms with van der Waals surface area (Å²) in [5.41, 5.74) is 3.10. The third-order valence-corrected chi connectivity index (χ3v) is 4.47. The lowest BCUT2D eigenvalue weighted by molar-refractivity contribution is 0.797. The van der Waals surface area contributed by atoms with Gasteiger partial charge in [0.2, 0.25) is 0 Å². The van der Waals surface area contributed by atoms with Crippen molar-refractivity contribution in [2.24, 2.45) is 0 Å². The smallest absolute Gasteiger partial charge is 0.191 e. The molecule has 108 valence electrons. The lowest BCUT2D eigenvalue weighted by Crippen LogP contribution is -1.98. The van der Waals surface area contributed by atoms with Crippen LogP contribution in [-0.2, 0) is 5.75 Å². The highest BCUT2D eigenvalue weighted by molar-refractivity contribution is 7.98. The number of para-hydroxylation sites is 1. The van der Waals surface area contributed by atoms with Crippen molar-refractivity contribution in [3.8, 4) is 0 Å². The van der Waals surface area contributed by atoms with E-state index in [1.54, 1.807) is 11.8 Å². The van der Waals surface area contributed by atoms with Crippen molar-refractivity contribution in [2.75, 3.05) is 0 Å². The Bertz CT molecular complexity index is 947. The average molecular weight is 306 g/mol. The maximum Gasteiger partial charge on any atom is 0.191 e. The Labute approximate surface area is 132 Å². The number of thioether (sulfide) groups is 1. The molecule has 0 aliphatic heterocycles. The summed E-state index contributed by atoms with van der Waals surface area (Å²) in [6.07, 6.45) is 0. The van der Waals surface area contributed by atoms with E-state index in [1.165, 1.54) is 5.56 Å². The zero-order valence-corrected chi connectivity index (χ0v) is 12.9. The molecule has 22 heavy (non-hydrogen) atoms. The molecule has 2 aromatic heterocycles. The van der Waals surface area contributed by atoms with Crippen LogP contribution < -0.4 is 0 Å². The van der Waals surface area contributed by atoms with Crippen molar-refractivity contribution in [3.05, 3.63) is 66.0 Å². The molecule has 0 spiro atoms. The first kappa shape index (κ1) is 13.3. The van der Waals surface area contributed by atoms with Crippen LogP contribution in [0.2, 0.25) is 0 Å². The van der Waals surface area contributed by atoms with Crippen LogP contribution >= 0.6 is 11.8 Å². The van der Waals surface area contributed by atoms with E-state index < -0.39 is 0 Å². The summed E-state index contributed by atoms with van der Waals surface area (Å²) >= 11 is 1.68. The predicted octanol–water partition coefficient (Wildman–Crippen LogP) is 3.88. The second-order valence-electron chi connectivity index (χ2n) is 5.08. The van der Waals surface area contributed by atoms with Crippen molar-refractivity contribution >= 4 is 28.3 Å². The van der Waals surface area contributed by atoms with Crippen molar-refractivity contribution < 1.29 is 0 Å². The molecule has 2 aromatic carbocycles. The average Bonchev–Trinajstić information content (AvgIpc) is 2.95. The first-order valence-electron chi connectivity index (χ1n) is 7.10. The summed E-state index contributed by atoms with van der Waals surface area (Å²) in [6, 6.07) is 18.4. The van der Waals surface area contributed by atoms with Gasteiger partial charge < -0.3 is 0 Å². The fourth-order valence-corrected chi connectivity index (χ4v) is 3.35. The minimum absolute atomic E-state index is 0.764. The van der Waals surface area contributed by atoms with Gasteiger partial charge >= 0.3 is 0 Å². The molecule has 4 nitrogen and oxygen atoms in total. The van der Waals surface area contributed by atoms with Crippen LogP contribution in [0.15, 0.2) is 59.8 Å². The highest BCUT2D eigenvalue weighted by Crippen LogP contribution is 2.26. The molecule has 0 aliphatic rings. The Hall–Kier alpha value is -2.40. The molecule has 0 saturated carbocycles. The third-order valence-electron chi connectivity index (χ3n) is 3.47. The van der Waals surface area contributed by atoms with Crippen LogP contribution in [0.4, 0.5) is 0 Å². The number of aromatic nitrogens is 4. The van der Waals surface area contributed by atoms with E-state index in [0.717, 1.165) is 33.3 Å². The van der Waals surface area contributed by atoms with Gasteiger partial charge in [0.05, 0.1) is 5.52 Å². The molecular formula is C17H14N4S. The fraction of sp³-hybridized carbons (Fsp3) is 0.118. The largest absolute Gasteiger partial charge is 0.222 e. The molecule has 5 heteroatoms. The Morgan fingerprint density at radius 2 is 1.73 bits per heavy atom.